The fraction of sp³-hybridized carbons (Fsp3) is 0.385. The van der Waals surface area contributed by atoms with Gasteiger partial charge in [0.2, 0.25) is 5.91 Å². The molecule has 0 aromatic heterocycles. The summed E-state index contributed by atoms with van der Waals surface area (Å²) in [5.41, 5.74) is 0.181. The Bertz CT molecular complexity index is 462. The van der Waals surface area contributed by atoms with Crippen molar-refractivity contribution in [1.29, 1.82) is 0 Å². The largest absolute Gasteiger partial charge is 0.465 e. The lowest BCUT2D eigenvalue weighted by atomic mass is 10.1. The predicted octanol–water partition coefficient (Wildman–Crippen LogP) is 1.71. The Morgan fingerprint density at radius 2 is 2.11 bits per heavy atom. The van der Waals surface area contributed by atoms with E-state index in [0.29, 0.717) is 12.8 Å². The Labute approximate surface area is 110 Å². The van der Waals surface area contributed by atoms with Crippen molar-refractivity contribution in [2.75, 3.05) is 19.0 Å². The smallest absolute Gasteiger partial charge is 0.340 e. The molecule has 0 spiro atoms. The first-order chi connectivity index (χ1) is 9.08. The topological polar surface area (TPSA) is 75.6 Å². The molecule has 0 unspecified atom stereocenters. The van der Waals surface area contributed by atoms with Crippen molar-refractivity contribution in [2.24, 2.45) is 0 Å². The zero-order valence-electron chi connectivity index (χ0n) is 10.6. The molecule has 5 nitrogen and oxygen atoms in total. The minimum atomic E-state index is -0.717. The van der Waals surface area contributed by atoms with Crippen LogP contribution in [-0.2, 0) is 9.53 Å². The summed E-state index contributed by atoms with van der Waals surface area (Å²) in [5, 5.41) is 11.1. The molecular weight excluding hydrogens is 253 g/mol. The molecule has 19 heavy (non-hydrogen) atoms. The maximum atomic E-state index is 13.1. The number of unbranched alkanes of at least 4 members (excludes halogenated alkanes) is 1. The molecule has 0 saturated carbocycles. The Morgan fingerprint density at radius 1 is 1.37 bits per heavy atom. The van der Waals surface area contributed by atoms with Gasteiger partial charge in [-0.1, -0.05) is 0 Å². The predicted molar refractivity (Wildman–Crippen MR) is 67.3 cm³/mol. The van der Waals surface area contributed by atoms with Crippen molar-refractivity contribution < 1.29 is 23.8 Å². The minimum absolute atomic E-state index is 0.0250. The highest BCUT2D eigenvalue weighted by atomic mass is 19.1. The van der Waals surface area contributed by atoms with Gasteiger partial charge in [0.25, 0.3) is 0 Å². The zero-order valence-corrected chi connectivity index (χ0v) is 10.6. The number of nitrogens with one attached hydrogen (secondary N) is 1. The van der Waals surface area contributed by atoms with Gasteiger partial charge in [0.15, 0.2) is 0 Å². The van der Waals surface area contributed by atoms with Crippen LogP contribution in [0, 0.1) is 5.82 Å². The SMILES string of the molecule is COC(=O)c1cc(F)ccc1NC(=O)CCCCO. The van der Waals surface area contributed by atoms with Crippen LogP contribution in [0.15, 0.2) is 18.2 Å². The number of aliphatic hydroxyl groups is 1. The first-order valence-electron chi connectivity index (χ1n) is 5.87. The molecule has 104 valence electrons. The van der Waals surface area contributed by atoms with Crippen LogP contribution in [0.5, 0.6) is 0 Å². The number of carbonyl (C=O) groups is 2. The number of halogens is 1. The number of carbonyl (C=O) groups excluding carboxylic acids is 2. The van der Waals surface area contributed by atoms with Gasteiger partial charge in [-0.15, -0.1) is 0 Å². The summed E-state index contributed by atoms with van der Waals surface area (Å²) in [6.45, 7) is 0.0250. The van der Waals surface area contributed by atoms with Crippen LogP contribution >= 0.6 is 0 Å². The molecular formula is C13H16FNO4. The minimum Gasteiger partial charge on any atom is -0.465 e. The molecule has 0 aliphatic carbocycles. The number of anilines is 1. The first-order valence-corrected chi connectivity index (χ1v) is 5.87. The summed E-state index contributed by atoms with van der Waals surface area (Å²) in [7, 11) is 1.18. The van der Waals surface area contributed by atoms with Crippen LogP contribution < -0.4 is 5.32 Å². The number of hydrogen-bond donors (Lipinski definition) is 2. The van der Waals surface area contributed by atoms with Gasteiger partial charge in [0, 0.05) is 13.0 Å². The summed E-state index contributed by atoms with van der Waals surface area (Å²) >= 11 is 0. The van der Waals surface area contributed by atoms with Crippen LogP contribution in [0.1, 0.15) is 29.6 Å². The van der Waals surface area contributed by atoms with Gasteiger partial charge < -0.3 is 15.2 Å². The van der Waals surface area contributed by atoms with Gasteiger partial charge in [0.05, 0.1) is 18.4 Å². The third-order valence-corrected chi connectivity index (χ3v) is 2.47. The molecule has 6 heteroatoms. The lowest BCUT2D eigenvalue weighted by Crippen LogP contribution is -2.15. The quantitative estimate of drug-likeness (QED) is 0.609. The van der Waals surface area contributed by atoms with E-state index >= 15 is 0 Å². The van der Waals surface area contributed by atoms with Gasteiger partial charge in [-0.3, -0.25) is 4.79 Å². The van der Waals surface area contributed by atoms with E-state index in [0.717, 1.165) is 12.1 Å². The summed E-state index contributed by atoms with van der Waals surface area (Å²) < 4.78 is 17.6. The lowest BCUT2D eigenvalue weighted by molar-refractivity contribution is -0.116. The molecule has 0 saturated heterocycles. The molecule has 0 radical (unpaired) electrons. The molecule has 0 atom stereocenters. The fourth-order valence-electron chi connectivity index (χ4n) is 1.51. The molecule has 1 aromatic carbocycles. The fourth-order valence-corrected chi connectivity index (χ4v) is 1.51. The zero-order chi connectivity index (χ0) is 14.3. The van der Waals surface area contributed by atoms with Crippen molar-refractivity contribution in [3.63, 3.8) is 0 Å². The molecule has 2 N–H and O–H groups in total. The van der Waals surface area contributed by atoms with Crippen LogP contribution in [0.3, 0.4) is 0 Å². The third-order valence-electron chi connectivity index (χ3n) is 2.47. The number of methoxy groups -OCH3 is 1. The van der Waals surface area contributed by atoms with Crippen molar-refractivity contribution in [2.45, 2.75) is 19.3 Å². The lowest BCUT2D eigenvalue weighted by Gasteiger charge is -2.09. The average molecular weight is 269 g/mol. The number of aliphatic hydroxyl groups excluding tert-OH is 1. The second-order valence-corrected chi connectivity index (χ2v) is 3.91. The van der Waals surface area contributed by atoms with Crippen molar-refractivity contribution in [3.05, 3.63) is 29.6 Å². The van der Waals surface area contributed by atoms with Gasteiger partial charge in [-0.05, 0) is 31.0 Å². The highest BCUT2D eigenvalue weighted by Gasteiger charge is 2.14. The summed E-state index contributed by atoms with van der Waals surface area (Å²) in [4.78, 5) is 23.1. The second-order valence-electron chi connectivity index (χ2n) is 3.91. The molecule has 1 rings (SSSR count). The molecule has 0 aliphatic heterocycles. The highest BCUT2D eigenvalue weighted by Crippen LogP contribution is 2.18. The molecule has 1 aromatic rings. The van der Waals surface area contributed by atoms with E-state index in [1.54, 1.807) is 0 Å². The number of esters is 1. The number of ether oxygens (including phenoxy) is 1. The van der Waals surface area contributed by atoms with Crippen LogP contribution in [0.2, 0.25) is 0 Å². The van der Waals surface area contributed by atoms with Gasteiger partial charge in [-0.2, -0.15) is 0 Å². The van der Waals surface area contributed by atoms with Gasteiger partial charge >= 0.3 is 5.97 Å². The number of benzene rings is 1. The van der Waals surface area contributed by atoms with Crippen molar-refractivity contribution >= 4 is 17.6 Å². The van der Waals surface area contributed by atoms with Crippen LogP contribution in [0.25, 0.3) is 0 Å². The molecule has 0 fully saturated rings. The number of amides is 1. The number of hydrogen-bond acceptors (Lipinski definition) is 4. The van der Waals surface area contributed by atoms with Crippen molar-refractivity contribution in [1.82, 2.24) is 0 Å². The van der Waals surface area contributed by atoms with Crippen molar-refractivity contribution in [3.8, 4) is 0 Å². The Hall–Kier alpha value is -1.95. The van der Waals surface area contributed by atoms with E-state index < -0.39 is 11.8 Å². The van der Waals surface area contributed by atoms with Crippen LogP contribution in [0.4, 0.5) is 10.1 Å². The second kappa shape index (κ2) is 7.48. The van der Waals surface area contributed by atoms with Crippen LogP contribution in [-0.4, -0.2) is 30.7 Å². The standard InChI is InChI=1S/C13H16FNO4/c1-19-13(18)10-8-9(14)5-6-11(10)15-12(17)4-2-3-7-16/h5-6,8,16H,2-4,7H2,1H3,(H,15,17). The maximum Gasteiger partial charge on any atom is 0.340 e. The Morgan fingerprint density at radius 3 is 2.74 bits per heavy atom. The van der Waals surface area contributed by atoms with E-state index in [9.17, 15) is 14.0 Å². The first kappa shape index (κ1) is 15.1. The van der Waals surface area contributed by atoms with Gasteiger partial charge in [0.1, 0.15) is 5.82 Å². The maximum absolute atomic E-state index is 13.1. The van der Waals surface area contributed by atoms with Gasteiger partial charge in [-0.25, -0.2) is 9.18 Å². The molecule has 0 heterocycles. The van der Waals surface area contributed by atoms with E-state index in [2.05, 4.69) is 10.1 Å². The highest BCUT2D eigenvalue weighted by molar-refractivity contribution is 6.01. The average Bonchev–Trinajstić information content (AvgIpc) is 2.40. The van der Waals surface area contributed by atoms with E-state index in [-0.39, 0.29) is 30.2 Å². The Balaban J connectivity index is 2.77. The molecule has 0 aliphatic rings. The summed E-state index contributed by atoms with van der Waals surface area (Å²) in [6.07, 6.45) is 1.29. The monoisotopic (exact) mass is 269 g/mol. The number of rotatable bonds is 6. The normalized spacial score (nSPS) is 10.1. The molecule has 0 bridgehead atoms. The molecule has 1 amide bonds. The third kappa shape index (κ3) is 4.67. The van der Waals surface area contributed by atoms with E-state index in [1.807, 2.05) is 0 Å². The Kier molecular flexibility index (Phi) is 5.95. The summed E-state index contributed by atoms with van der Waals surface area (Å²) in [6, 6.07) is 3.47. The van der Waals surface area contributed by atoms with E-state index in [1.165, 1.54) is 13.2 Å². The van der Waals surface area contributed by atoms with E-state index in [4.69, 9.17) is 5.11 Å². The summed E-state index contributed by atoms with van der Waals surface area (Å²) in [5.74, 6) is -1.60.